The Hall–Kier alpha value is -0.540. The molecule has 3 heteroatoms. The van der Waals surface area contributed by atoms with Gasteiger partial charge in [-0.15, -0.1) is 11.8 Å². The van der Waals surface area contributed by atoms with Crippen molar-refractivity contribution in [3.8, 4) is 0 Å². The van der Waals surface area contributed by atoms with Gasteiger partial charge in [-0.05, 0) is 36.8 Å². The maximum Gasteiger partial charge on any atom is 0.137 e. The quantitative estimate of drug-likeness (QED) is 0.775. The van der Waals surface area contributed by atoms with Crippen LogP contribution in [0.3, 0.4) is 0 Å². The van der Waals surface area contributed by atoms with Crippen molar-refractivity contribution in [2.45, 2.75) is 31.3 Å². The summed E-state index contributed by atoms with van der Waals surface area (Å²) in [7, 11) is 0. The van der Waals surface area contributed by atoms with Gasteiger partial charge in [0.2, 0.25) is 0 Å². The van der Waals surface area contributed by atoms with E-state index in [1.807, 2.05) is 0 Å². The first-order valence-corrected chi connectivity index (χ1v) is 5.74. The second kappa shape index (κ2) is 5.37. The van der Waals surface area contributed by atoms with Gasteiger partial charge in [-0.3, -0.25) is 0 Å². The van der Waals surface area contributed by atoms with Crippen LogP contribution in [-0.4, -0.2) is 10.9 Å². The monoisotopic (exact) mass is 214 g/mol. The molecule has 0 bridgehead atoms. The molecule has 78 valence electrons. The Kier molecular flexibility index (Phi) is 4.42. The van der Waals surface area contributed by atoms with Gasteiger partial charge in [0, 0.05) is 4.90 Å². The molecule has 14 heavy (non-hydrogen) atoms. The van der Waals surface area contributed by atoms with Gasteiger partial charge in [0.15, 0.2) is 0 Å². The smallest absolute Gasteiger partial charge is 0.137 e. The van der Waals surface area contributed by atoms with Gasteiger partial charge < -0.3 is 5.11 Å². The van der Waals surface area contributed by atoms with Crippen molar-refractivity contribution in [1.29, 1.82) is 0 Å². The molecule has 1 atom stereocenters. The topological polar surface area (TPSA) is 20.2 Å². The van der Waals surface area contributed by atoms with Crippen LogP contribution in [0.1, 0.15) is 31.9 Å². The standard InChI is InChI=1S/C11H15FOS/c1-3-6-14-11-5-4-9(8(2)13)7-10(11)12/h4-5,7-8,13H,3,6H2,1-2H3/t8-/m0/s1. The number of aliphatic hydroxyl groups excluding tert-OH is 1. The maximum atomic E-state index is 13.4. The van der Waals surface area contributed by atoms with Gasteiger partial charge in [0.25, 0.3) is 0 Å². The van der Waals surface area contributed by atoms with Crippen molar-refractivity contribution in [2.24, 2.45) is 0 Å². The lowest BCUT2D eigenvalue weighted by atomic mass is 10.1. The van der Waals surface area contributed by atoms with Crippen LogP contribution >= 0.6 is 11.8 Å². The summed E-state index contributed by atoms with van der Waals surface area (Å²) in [4.78, 5) is 0.663. The van der Waals surface area contributed by atoms with E-state index in [9.17, 15) is 9.50 Å². The van der Waals surface area contributed by atoms with Gasteiger partial charge >= 0.3 is 0 Å². The fraction of sp³-hybridized carbons (Fsp3) is 0.455. The fourth-order valence-corrected chi connectivity index (χ4v) is 1.89. The molecule has 0 unspecified atom stereocenters. The van der Waals surface area contributed by atoms with E-state index in [0.717, 1.165) is 12.2 Å². The van der Waals surface area contributed by atoms with E-state index in [2.05, 4.69) is 6.92 Å². The van der Waals surface area contributed by atoms with Crippen LogP contribution in [0.25, 0.3) is 0 Å². The number of aliphatic hydroxyl groups is 1. The number of halogens is 1. The summed E-state index contributed by atoms with van der Waals surface area (Å²) in [6.45, 7) is 3.70. The zero-order valence-corrected chi connectivity index (χ0v) is 9.27. The van der Waals surface area contributed by atoms with Crippen LogP contribution in [0, 0.1) is 5.82 Å². The average molecular weight is 214 g/mol. The molecule has 0 spiro atoms. The molecule has 0 saturated heterocycles. The minimum Gasteiger partial charge on any atom is -0.389 e. The Balaban J connectivity index is 2.79. The van der Waals surface area contributed by atoms with Crippen LogP contribution in [0.15, 0.2) is 23.1 Å². The van der Waals surface area contributed by atoms with E-state index < -0.39 is 6.10 Å². The highest BCUT2D eigenvalue weighted by molar-refractivity contribution is 7.99. The Morgan fingerprint density at radius 1 is 1.50 bits per heavy atom. The Labute approximate surface area is 88.3 Å². The van der Waals surface area contributed by atoms with E-state index in [1.165, 1.54) is 17.8 Å². The summed E-state index contributed by atoms with van der Waals surface area (Å²) in [5.41, 5.74) is 0.628. The summed E-state index contributed by atoms with van der Waals surface area (Å²) < 4.78 is 13.4. The molecule has 0 heterocycles. The number of benzene rings is 1. The number of rotatable bonds is 4. The van der Waals surface area contributed by atoms with Crippen LogP contribution < -0.4 is 0 Å². The van der Waals surface area contributed by atoms with Crippen LogP contribution in [0.2, 0.25) is 0 Å². The highest BCUT2D eigenvalue weighted by Crippen LogP contribution is 2.25. The molecule has 1 aromatic carbocycles. The molecule has 1 N–H and O–H groups in total. The second-order valence-corrected chi connectivity index (χ2v) is 4.35. The lowest BCUT2D eigenvalue weighted by Crippen LogP contribution is -1.93. The van der Waals surface area contributed by atoms with Crippen molar-refractivity contribution in [1.82, 2.24) is 0 Å². The molecule has 1 aromatic rings. The van der Waals surface area contributed by atoms with E-state index in [-0.39, 0.29) is 5.82 Å². The average Bonchev–Trinajstić information content (AvgIpc) is 2.15. The van der Waals surface area contributed by atoms with E-state index in [4.69, 9.17) is 0 Å². The SMILES string of the molecule is CCCSc1ccc([C@H](C)O)cc1F. The first-order valence-electron chi connectivity index (χ1n) is 4.75. The Morgan fingerprint density at radius 3 is 2.71 bits per heavy atom. The zero-order chi connectivity index (χ0) is 10.6. The molecule has 0 fully saturated rings. The summed E-state index contributed by atoms with van der Waals surface area (Å²) in [6, 6.07) is 4.91. The molecule has 1 rings (SSSR count). The van der Waals surface area contributed by atoms with E-state index >= 15 is 0 Å². The first kappa shape index (κ1) is 11.5. The third-order valence-corrected chi connectivity index (χ3v) is 3.15. The predicted molar refractivity (Wildman–Crippen MR) is 58.0 cm³/mol. The number of hydrogen-bond donors (Lipinski definition) is 1. The lowest BCUT2D eigenvalue weighted by Gasteiger charge is -2.07. The van der Waals surface area contributed by atoms with Crippen molar-refractivity contribution < 1.29 is 9.50 Å². The fourth-order valence-electron chi connectivity index (χ4n) is 1.11. The van der Waals surface area contributed by atoms with E-state index in [0.29, 0.717) is 10.5 Å². The molecule has 0 aliphatic carbocycles. The van der Waals surface area contributed by atoms with Gasteiger partial charge in [-0.1, -0.05) is 13.0 Å². The third-order valence-electron chi connectivity index (χ3n) is 1.90. The van der Waals surface area contributed by atoms with Crippen molar-refractivity contribution in [2.75, 3.05) is 5.75 Å². The molecule has 0 saturated carbocycles. The second-order valence-electron chi connectivity index (χ2n) is 3.21. The minimum absolute atomic E-state index is 0.234. The Bertz CT molecular complexity index is 299. The molecule has 0 aliphatic rings. The number of thioether (sulfide) groups is 1. The highest BCUT2D eigenvalue weighted by Gasteiger charge is 2.06. The summed E-state index contributed by atoms with van der Waals surface area (Å²) >= 11 is 1.51. The molecule has 0 aliphatic heterocycles. The largest absolute Gasteiger partial charge is 0.389 e. The summed E-state index contributed by atoms with van der Waals surface area (Å²) in [6.07, 6.45) is 0.428. The normalized spacial score (nSPS) is 12.9. The molecule has 0 radical (unpaired) electrons. The minimum atomic E-state index is -0.602. The maximum absolute atomic E-state index is 13.4. The molecular formula is C11H15FOS. The van der Waals surface area contributed by atoms with Gasteiger partial charge in [0.1, 0.15) is 5.82 Å². The van der Waals surface area contributed by atoms with E-state index in [1.54, 1.807) is 19.1 Å². The third kappa shape index (κ3) is 3.00. The lowest BCUT2D eigenvalue weighted by molar-refractivity contribution is 0.198. The highest BCUT2D eigenvalue weighted by atomic mass is 32.2. The summed E-state index contributed by atoms with van der Waals surface area (Å²) in [5, 5.41) is 9.24. The van der Waals surface area contributed by atoms with Gasteiger partial charge in [0.05, 0.1) is 6.10 Å². The first-order chi connectivity index (χ1) is 6.65. The van der Waals surface area contributed by atoms with Crippen LogP contribution in [-0.2, 0) is 0 Å². The van der Waals surface area contributed by atoms with Gasteiger partial charge in [-0.2, -0.15) is 0 Å². The molecular weight excluding hydrogens is 199 g/mol. The number of hydrogen-bond acceptors (Lipinski definition) is 2. The molecule has 0 amide bonds. The van der Waals surface area contributed by atoms with Crippen molar-refractivity contribution in [3.05, 3.63) is 29.6 Å². The van der Waals surface area contributed by atoms with Gasteiger partial charge in [-0.25, -0.2) is 4.39 Å². The van der Waals surface area contributed by atoms with Crippen molar-refractivity contribution >= 4 is 11.8 Å². The molecule has 1 nitrogen and oxygen atoms in total. The van der Waals surface area contributed by atoms with Crippen molar-refractivity contribution in [3.63, 3.8) is 0 Å². The predicted octanol–water partition coefficient (Wildman–Crippen LogP) is 3.38. The summed E-state index contributed by atoms with van der Waals surface area (Å²) in [5.74, 6) is 0.687. The zero-order valence-electron chi connectivity index (χ0n) is 8.46. The van der Waals surface area contributed by atoms with Crippen LogP contribution in [0.4, 0.5) is 4.39 Å². The Morgan fingerprint density at radius 2 is 2.21 bits per heavy atom. The molecule has 0 aromatic heterocycles. The van der Waals surface area contributed by atoms with Crippen LogP contribution in [0.5, 0.6) is 0 Å².